The first-order valence-electron chi connectivity index (χ1n) is 4.78. The topological polar surface area (TPSA) is 41.6 Å². The zero-order valence-corrected chi connectivity index (χ0v) is 9.12. The van der Waals surface area contributed by atoms with Gasteiger partial charge in [-0.3, -0.25) is 0 Å². The summed E-state index contributed by atoms with van der Waals surface area (Å²) in [5.74, 6) is 0.803. The number of nitriles is 1. The minimum absolute atomic E-state index is 0.333. The third-order valence-corrected chi connectivity index (χ3v) is 2.58. The van der Waals surface area contributed by atoms with Crippen molar-refractivity contribution in [1.29, 1.82) is 5.26 Å². The molecule has 0 aliphatic heterocycles. The fraction of sp³-hybridized carbons (Fsp3) is 0.273. The maximum absolute atomic E-state index is 8.69. The van der Waals surface area contributed by atoms with Crippen molar-refractivity contribution in [3.63, 3.8) is 0 Å². The highest BCUT2D eigenvalue weighted by Crippen LogP contribution is 2.20. The molecular weight excluding hydrogens is 210 g/mol. The molecule has 3 nitrogen and oxygen atoms in total. The summed E-state index contributed by atoms with van der Waals surface area (Å²) < 4.78 is 2.04. The van der Waals surface area contributed by atoms with Crippen LogP contribution in [0.4, 0.5) is 0 Å². The van der Waals surface area contributed by atoms with Gasteiger partial charge in [0, 0.05) is 11.6 Å². The van der Waals surface area contributed by atoms with E-state index in [4.69, 9.17) is 16.9 Å². The van der Waals surface area contributed by atoms with Crippen LogP contribution in [0.25, 0.3) is 11.0 Å². The molecule has 15 heavy (non-hydrogen) atoms. The van der Waals surface area contributed by atoms with Gasteiger partial charge in [0.25, 0.3) is 0 Å². The summed E-state index contributed by atoms with van der Waals surface area (Å²) in [7, 11) is 0. The molecule has 2 rings (SSSR count). The Morgan fingerprint density at radius 1 is 1.53 bits per heavy atom. The molecule has 0 saturated heterocycles. The van der Waals surface area contributed by atoms with Crippen molar-refractivity contribution in [2.24, 2.45) is 0 Å². The fourth-order valence-electron chi connectivity index (χ4n) is 1.71. The number of rotatable bonds is 2. The molecule has 0 bridgehead atoms. The van der Waals surface area contributed by atoms with E-state index in [9.17, 15) is 0 Å². The third kappa shape index (κ3) is 1.69. The lowest BCUT2D eigenvalue weighted by atomic mass is 10.3. The van der Waals surface area contributed by atoms with Crippen LogP contribution in [0.5, 0.6) is 0 Å². The van der Waals surface area contributed by atoms with Crippen molar-refractivity contribution in [3.05, 3.63) is 29.0 Å². The molecule has 0 atom stereocenters. The molecule has 0 unspecified atom stereocenters. The van der Waals surface area contributed by atoms with Crippen molar-refractivity contribution in [2.45, 2.75) is 19.9 Å². The summed E-state index contributed by atoms with van der Waals surface area (Å²) in [5, 5.41) is 9.36. The molecular formula is C11H10ClN3. The van der Waals surface area contributed by atoms with E-state index < -0.39 is 0 Å². The number of aromatic nitrogens is 2. The van der Waals surface area contributed by atoms with Gasteiger partial charge < -0.3 is 4.57 Å². The summed E-state index contributed by atoms with van der Waals surface area (Å²) >= 11 is 5.89. The number of benzene rings is 1. The SMILES string of the molecule is CCn1c(CC#N)nc2cc(Cl)ccc21. The normalized spacial score (nSPS) is 10.5. The van der Waals surface area contributed by atoms with Crippen LogP contribution in [-0.4, -0.2) is 9.55 Å². The van der Waals surface area contributed by atoms with Crippen LogP contribution in [0.2, 0.25) is 5.02 Å². The number of hydrogen-bond acceptors (Lipinski definition) is 2. The van der Waals surface area contributed by atoms with Crippen molar-refractivity contribution in [2.75, 3.05) is 0 Å². The summed E-state index contributed by atoms with van der Waals surface area (Å²) in [6.07, 6.45) is 0.333. The second-order valence-electron chi connectivity index (χ2n) is 3.24. The van der Waals surface area contributed by atoms with Crippen LogP contribution < -0.4 is 0 Å². The van der Waals surface area contributed by atoms with Crippen LogP contribution in [0, 0.1) is 11.3 Å². The minimum Gasteiger partial charge on any atom is -0.327 e. The predicted octanol–water partition coefficient (Wildman–Crippen LogP) is 2.78. The van der Waals surface area contributed by atoms with Crippen LogP contribution in [0.15, 0.2) is 18.2 Å². The van der Waals surface area contributed by atoms with Crippen LogP contribution >= 0.6 is 11.6 Å². The Morgan fingerprint density at radius 3 is 3.00 bits per heavy atom. The first-order valence-corrected chi connectivity index (χ1v) is 5.15. The van der Waals surface area contributed by atoms with Gasteiger partial charge >= 0.3 is 0 Å². The first kappa shape index (κ1) is 10.0. The van der Waals surface area contributed by atoms with Gasteiger partial charge in [0.1, 0.15) is 5.82 Å². The lowest BCUT2D eigenvalue weighted by Gasteiger charge is -2.02. The van der Waals surface area contributed by atoms with Crippen LogP contribution in [-0.2, 0) is 13.0 Å². The zero-order chi connectivity index (χ0) is 10.8. The van der Waals surface area contributed by atoms with Gasteiger partial charge in [-0.05, 0) is 25.1 Å². The van der Waals surface area contributed by atoms with Crippen molar-refractivity contribution >= 4 is 22.6 Å². The summed E-state index contributed by atoms with van der Waals surface area (Å²) in [6, 6.07) is 7.72. The number of fused-ring (bicyclic) bond motifs is 1. The molecule has 1 heterocycles. The Bertz CT molecular complexity index is 536. The lowest BCUT2D eigenvalue weighted by Crippen LogP contribution is -2.00. The van der Waals surface area contributed by atoms with Crippen molar-refractivity contribution in [3.8, 4) is 6.07 Å². The summed E-state index contributed by atoms with van der Waals surface area (Å²) in [4.78, 5) is 4.39. The molecule has 2 aromatic rings. The van der Waals surface area contributed by atoms with E-state index >= 15 is 0 Å². The highest BCUT2D eigenvalue weighted by Gasteiger charge is 2.08. The molecule has 1 aromatic heterocycles. The monoisotopic (exact) mass is 219 g/mol. The average molecular weight is 220 g/mol. The highest BCUT2D eigenvalue weighted by atomic mass is 35.5. The zero-order valence-electron chi connectivity index (χ0n) is 8.37. The highest BCUT2D eigenvalue weighted by molar-refractivity contribution is 6.31. The summed E-state index contributed by atoms with van der Waals surface area (Å²) in [6.45, 7) is 2.85. The second-order valence-corrected chi connectivity index (χ2v) is 3.68. The average Bonchev–Trinajstić information content (AvgIpc) is 2.54. The van der Waals surface area contributed by atoms with Gasteiger partial charge in [-0.1, -0.05) is 11.6 Å². The van der Waals surface area contributed by atoms with Gasteiger partial charge in [0.05, 0.1) is 23.5 Å². The minimum atomic E-state index is 0.333. The van der Waals surface area contributed by atoms with Gasteiger partial charge in [0.15, 0.2) is 0 Å². The Labute approximate surface area is 92.9 Å². The molecule has 0 N–H and O–H groups in total. The van der Waals surface area contributed by atoms with E-state index in [2.05, 4.69) is 11.1 Å². The quantitative estimate of drug-likeness (QED) is 0.780. The Kier molecular flexibility index (Phi) is 2.61. The van der Waals surface area contributed by atoms with Gasteiger partial charge in [-0.25, -0.2) is 4.98 Å². The Hall–Kier alpha value is -1.53. The van der Waals surface area contributed by atoms with E-state index in [1.807, 2.05) is 29.7 Å². The van der Waals surface area contributed by atoms with E-state index in [-0.39, 0.29) is 0 Å². The molecule has 0 amide bonds. The van der Waals surface area contributed by atoms with E-state index in [1.54, 1.807) is 0 Å². The molecule has 1 aromatic carbocycles. The van der Waals surface area contributed by atoms with Gasteiger partial charge in [-0.2, -0.15) is 5.26 Å². The van der Waals surface area contributed by atoms with E-state index in [0.29, 0.717) is 11.4 Å². The molecule has 0 saturated carbocycles. The maximum Gasteiger partial charge on any atom is 0.124 e. The largest absolute Gasteiger partial charge is 0.327 e. The smallest absolute Gasteiger partial charge is 0.124 e. The number of hydrogen-bond donors (Lipinski definition) is 0. The number of imidazole rings is 1. The molecule has 0 aliphatic carbocycles. The standard InChI is InChI=1S/C11H10ClN3/c1-2-15-10-4-3-8(12)7-9(10)14-11(15)5-6-13/h3-4,7H,2,5H2,1H3. The predicted molar refractivity (Wildman–Crippen MR) is 59.7 cm³/mol. The molecule has 4 heteroatoms. The van der Waals surface area contributed by atoms with Crippen molar-refractivity contribution in [1.82, 2.24) is 9.55 Å². The molecule has 0 aliphatic rings. The summed E-state index contributed by atoms with van der Waals surface area (Å²) in [5.41, 5.74) is 1.89. The van der Waals surface area contributed by atoms with Gasteiger partial charge in [0.2, 0.25) is 0 Å². The molecule has 0 fully saturated rings. The van der Waals surface area contributed by atoms with Crippen molar-refractivity contribution < 1.29 is 0 Å². The maximum atomic E-state index is 8.69. The lowest BCUT2D eigenvalue weighted by molar-refractivity contribution is 0.739. The number of aryl methyl sites for hydroxylation is 1. The van der Waals surface area contributed by atoms with E-state index in [1.165, 1.54) is 0 Å². The molecule has 0 spiro atoms. The fourth-order valence-corrected chi connectivity index (χ4v) is 1.88. The van der Waals surface area contributed by atoms with E-state index in [0.717, 1.165) is 23.4 Å². The molecule has 0 radical (unpaired) electrons. The number of nitrogens with zero attached hydrogens (tertiary/aromatic N) is 3. The van der Waals surface area contributed by atoms with Crippen LogP contribution in [0.3, 0.4) is 0 Å². The van der Waals surface area contributed by atoms with Gasteiger partial charge in [-0.15, -0.1) is 0 Å². The van der Waals surface area contributed by atoms with Crippen LogP contribution in [0.1, 0.15) is 12.7 Å². The number of halogens is 1. The second kappa shape index (κ2) is 3.92. The first-order chi connectivity index (χ1) is 7.26. The Balaban J connectivity index is 2.68. The Morgan fingerprint density at radius 2 is 2.33 bits per heavy atom. The third-order valence-electron chi connectivity index (χ3n) is 2.34. The molecule has 76 valence electrons.